The zero-order valence-corrected chi connectivity index (χ0v) is 13.8. The minimum Gasteiger partial charge on any atom is -0.469 e. The van der Waals surface area contributed by atoms with Crippen LogP contribution in [-0.4, -0.2) is 10.8 Å². The van der Waals surface area contributed by atoms with E-state index in [9.17, 15) is 20.2 Å². The number of carbonyl (C=O) groups excluding carboxylic acids is 1. The number of nitriles is 1. The third-order valence-electron chi connectivity index (χ3n) is 3.77. The molecule has 1 aliphatic rings. The highest BCUT2D eigenvalue weighted by Gasteiger charge is 2.31. The zero-order chi connectivity index (χ0) is 17.8. The van der Waals surface area contributed by atoms with Crippen LogP contribution in [0.2, 0.25) is 0 Å². The SMILES string of the molecule is N#CC1=C(SCc2ccc([N+](=O)[O-])cc2)NC(=O)C[C@H]1c1ccco1. The van der Waals surface area contributed by atoms with Gasteiger partial charge in [-0.25, -0.2) is 0 Å². The number of hydrogen-bond acceptors (Lipinski definition) is 6. The predicted molar refractivity (Wildman–Crippen MR) is 91.2 cm³/mol. The third kappa shape index (κ3) is 3.72. The Labute approximate surface area is 147 Å². The fourth-order valence-corrected chi connectivity index (χ4v) is 3.57. The molecule has 2 aromatic rings. The van der Waals surface area contributed by atoms with Gasteiger partial charge in [0.25, 0.3) is 5.69 Å². The second-order valence-corrected chi connectivity index (χ2v) is 6.37. The number of amides is 1. The molecule has 1 aromatic carbocycles. The van der Waals surface area contributed by atoms with Crippen LogP contribution in [0.1, 0.15) is 23.7 Å². The van der Waals surface area contributed by atoms with Crippen molar-refractivity contribution in [2.75, 3.05) is 0 Å². The Morgan fingerprint density at radius 3 is 2.72 bits per heavy atom. The van der Waals surface area contributed by atoms with E-state index in [1.807, 2.05) is 0 Å². The van der Waals surface area contributed by atoms with Gasteiger partial charge < -0.3 is 9.73 Å². The summed E-state index contributed by atoms with van der Waals surface area (Å²) in [6.07, 6.45) is 1.68. The molecule has 0 spiro atoms. The molecule has 1 amide bonds. The summed E-state index contributed by atoms with van der Waals surface area (Å²) in [6.45, 7) is 0. The second kappa shape index (κ2) is 7.23. The van der Waals surface area contributed by atoms with E-state index in [1.165, 1.54) is 30.2 Å². The number of nitro benzene ring substituents is 1. The van der Waals surface area contributed by atoms with E-state index in [2.05, 4.69) is 11.4 Å². The Kier molecular flexibility index (Phi) is 4.86. The Morgan fingerprint density at radius 2 is 2.12 bits per heavy atom. The lowest BCUT2D eigenvalue weighted by molar-refractivity contribution is -0.384. The number of rotatable bonds is 5. The standard InChI is InChI=1S/C17H13N3O4S/c18-9-14-13(15-2-1-7-24-15)8-16(21)19-17(14)25-10-11-3-5-12(6-4-11)20(22)23/h1-7,13H,8,10H2,(H,19,21)/t13-/m1/s1. The van der Waals surface area contributed by atoms with Crippen LogP contribution in [-0.2, 0) is 10.5 Å². The molecule has 0 radical (unpaired) electrons. The molecule has 126 valence electrons. The van der Waals surface area contributed by atoms with Crippen LogP contribution in [0.3, 0.4) is 0 Å². The maximum absolute atomic E-state index is 12.0. The maximum atomic E-state index is 12.0. The lowest BCUT2D eigenvalue weighted by atomic mass is 9.92. The van der Waals surface area contributed by atoms with Crippen molar-refractivity contribution in [1.29, 1.82) is 5.26 Å². The van der Waals surface area contributed by atoms with Gasteiger partial charge in [-0.1, -0.05) is 12.1 Å². The van der Waals surface area contributed by atoms with Crippen LogP contribution in [0, 0.1) is 21.4 Å². The quantitative estimate of drug-likeness (QED) is 0.650. The van der Waals surface area contributed by atoms with Crippen LogP contribution < -0.4 is 5.32 Å². The van der Waals surface area contributed by atoms with E-state index in [0.717, 1.165) is 5.56 Å². The van der Waals surface area contributed by atoms with Crippen LogP contribution in [0.15, 0.2) is 57.7 Å². The fraction of sp³-hybridized carbons (Fsp3) is 0.176. The molecule has 3 rings (SSSR count). The van der Waals surface area contributed by atoms with E-state index < -0.39 is 10.8 Å². The molecule has 7 nitrogen and oxygen atoms in total. The lowest BCUT2D eigenvalue weighted by Gasteiger charge is -2.23. The number of hydrogen-bond donors (Lipinski definition) is 1. The average Bonchev–Trinajstić information content (AvgIpc) is 3.14. The van der Waals surface area contributed by atoms with Gasteiger partial charge in [0, 0.05) is 24.3 Å². The molecule has 0 unspecified atom stereocenters. The first kappa shape index (κ1) is 16.8. The van der Waals surface area contributed by atoms with Gasteiger partial charge in [-0.15, -0.1) is 11.8 Å². The van der Waals surface area contributed by atoms with E-state index in [-0.39, 0.29) is 18.0 Å². The zero-order valence-electron chi connectivity index (χ0n) is 13.0. The number of non-ortho nitro benzene ring substituents is 1. The maximum Gasteiger partial charge on any atom is 0.269 e. The molecule has 2 heterocycles. The summed E-state index contributed by atoms with van der Waals surface area (Å²) in [5, 5.41) is 23.4. The minimum absolute atomic E-state index is 0.0227. The largest absolute Gasteiger partial charge is 0.469 e. The van der Waals surface area contributed by atoms with E-state index in [1.54, 1.807) is 24.3 Å². The van der Waals surface area contributed by atoms with Crippen molar-refractivity contribution in [2.24, 2.45) is 0 Å². The van der Waals surface area contributed by atoms with Gasteiger partial charge in [-0.05, 0) is 17.7 Å². The molecule has 0 saturated heterocycles. The highest BCUT2D eigenvalue weighted by Crippen LogP contribution is 2.37. The Bertz CT molecular complexity index is 866. The number of nitrogens with one attached hydrogen (secondary N) is 1. The number of carbonyl (C=O) groups is 1. The van der Waals surface area contributed by atoms with Crippen molar-refractivity contribution in [1.82, 2.24) is 5.32 Å². The van der Waals surface area contributed by atoms with Gasteiger partial charge >= 0.3 is 0 Å². The van der Waals surface area contributed by atoms with Gasteiger partial charge in [0.2, 0.25) is 5.91 Å². The first-order valence-corrected chi connectivity index (χ1v) is 8.40. The summed E-state index contributed by atoms with van der Waals surface area (Å²) >= 11 is 1.32. The van der Waals surface area contributed by atoms with E-state index in [0.29, 0.717) is 22.1 Å². The number of allylic oxidation sites excluding steroid dienone is 1. The highest BCUT2D eigenvalue weighted by atomic mass is 32.2. The average molecular weight is 355 g/mol. The molecule has 1 aliphatic heterocycles. The van der Waals surface area contributed by atoms with Crippen molar-refractivity contribution in [3.63, 3.8) is 0 Å². The second-order valence-electron chi connectivity index (χ2n) is 5.39. The van der Waals surface area contributed by atoms with Gasteiger partial charge in [-0.3, -0.25) is 14.9 Å². The molecule has 0 bridgehead atoms. The van der Waals surface area contributed by atoms with Crippen molar-refractivity contribution < 1.29 is 14.1 Å². The Morgan fingerprint density at radius 1 is 1.36 bits per heavy atom. The van der Waals surface area contributed by atoms with Crippen molar-refractivity contribution in [3.05, 3.63) is 74.7 Å². The summed E-state index contributed by atoms with van der Waals surface area (Å²) in [5.41, 5.74) is 1.34. The summed E-state index contributed by atoms with van der Waals surface area (Å²) in [6, 6.07) is 11.8. The van der Waals surface area contributed by atoms with Gasteiger partial charge in [0.1, 0.15) is 5.76 Å². The molecule has 1 N–H and O–H groups in total. The van der Waals surface area contributed by atoms with Gasteiger partial charge in [0.05, 0.1) is 33.8 Å². The molecular weight excluding hydrogens is 342 g/mol. The molecule has 1 atom stereocenters. The minimum atomic E-state index is -0.456. The van der Waals surface area contributed by atoms with Crippen LogP contribution in [0.4, 0.5) is 5.69 Å². The molecule has 0 saturated carbocycles. The molecule has 1 aromatic heterocycles. The molecule has 8 heteroatoms. The first-order chi connectivity index (χ1) is 12.1. The molecule has 25 heavy (non-hydrogen) atoms. The molecule has 0 fully saturated rings. The van der Waals surface area contributed by atoms with Crippen molar-refractivity contribution in [3.8, 4) is 6.07 Å². The summed E-state index contributed by atoms with van der Waals surface area (Å²) in [7, 11) is 0. The smallest absolute Gasteiger partial charge is 0.269 e. The normalized spacial score (nSPS) is 17.1. The summed E-state index contributed by atoms with van der Waals surface area (Å²) in [5.74, 6) is 0.489. The number of thioether (sulfide) groups is 1. The van der Waals surface area contributed by atoms with E-state index >= 15 is 0 Å². The van der Waals surface area contributed by atoms with Gasteiger partial charge in [0.15, 0.2) is 0 Å². The number of nitrogens with zero attached hydrogens (tertiary/aromatic N) is 2. The first-order valence-electron chi connectivity index (χ1n) is 7.42. The van der Waals surface area contributed by atoms with Crippen LogP contribution >= 0.6 is 11.8 Å². The Balaban J connectivity index is 1.80. The summed E-state index contributed by atoms with van der Waals surface area (Å²) in [4.78, 5) is 22.2. The lowest BCUT2D eigenvalue weighted by Crippen LogP contribution is -2.30. The number of furan rings is 1. The number of nitro groups is 1. The predicted octanol–water partition coefficient (Wildman–Crippen LogP) is 3.46. The van der Waals surface area contributed by atoms with Gasteiger partial charge in [-0.2, -0.15) is 5.26 Å². The van der Waals surface area contributed by atoms with Crippen LogP contribution in [0.5, 0.6) is 0 Å². The third-order valence-corrected chi connectivity index (χ3v) is 4.86. The monoisotopic (exact) mass is 355 g/mol. The fourth-order valence-electron chi connectivity index (χ4n) is 2.54. The molecule has 0 aliphatic carbocycles. The topological polar surface area (TPSA) is 109 Å². The summed E-state index contributed by atoms with van der Waals surface area (Å²) < 4.78 is 5.36. The highest BCUT2D eigenvalue weighted by molar-refractivity contribution is 8.02. The number of benzene rings is 1. The van der Waals surface area contributed by atoms with Crippen molar-refractivity contribution >= 4 is 23.4 Å². The Hall–Kier alpha value is -3.05. The van der Waals surface area contributed by atoms with Crippen LogP contribution in [0.25, 0.3) is 0 Å². The van der Waals surface area contributed by atoms with E-state index in [4.69, 9.17) is 4.42 Å². The molecular formula is C17H13N3O4S. The van der Waals surface area contributed by atoms with Crippen molar-refractivity contribution in [2.45, 2.75) is 18.1 Å².